The number of H-pyrrole nitrogens is 1. The van der Waals surface area contributed by atoms with Gasteiger partial charge in [0.1, 0.15) is 11.6 Å². The highest BCUT2D eigenvalue weighted by Crippen LogP contribution is 2.22. The van der Waals surface area contributed by atoms with Crippen LogP contribution in [0.2, 0.25) is 0 Å². The van der Waals surface area contributed by atoms with Gasteiger partial charge in [-0.15, -0.1) is 0 Å². The number of nitrogens with one attached hydrogen (secondary N) is 3. The zero-order valence-electron chi connectivity index (χ0n) is 13.3. The number of ether oxygens (including phenoxy) is 1. The fourth-order valence-corrected chi connectivity index (χ4v) is 2.19. The number of benzene rings is 1. The summed E-state index contributed by atoms with van der Waals surface area (Å²) in [6.07, 6.45) is 7.28. The zero-order chi connectivity index (χ0) is 15.8. The Morgan fingerprint density at radius 1 is 1.41 bits per heavy atom. The summed E-state index contributed by atoms with van der Waals surface area (Å²) in [6.45, 7) is 7.00. The van der Waals surface area contributed by atoms with Crippen molar-refractivity contribution in [3.05, 3.63) is 42.4 Å². The molecule has 2 aromatic rings. The maximum absolute atomic E-state index is 5.26. The lowest BCUT2D eigenvalue weighted by atomic mass is 10.2. The summed E-state index contributed by atoms with van der Waals surface area (Å²) in [7, 11) is 1.66. The minimum absolute atomic E-state index is 0.713. The van der Waals surface area contributed by atoms with Crippen molar-refractivity contribution in [2.75, 3.05) is 13.7 Å². The van der Waals surface area contributed by atoms with Crippen molar-refractivity contribution in [2.45, 2.75) is 26.2 Å². The third kappa shape index (κ3) is 4.28. The predicted molar refractivity (Wildman–Crippen MR) is 92.2 cm³/mol. The number of aromatic nitrogens is 1. The molecule has 1 aromatic heterocycles. The molecule has 1 aromatic carbocycles. The first-order valence-corrected chi connectivity index (χ1v) is 7.61. The number of hydrogen-bond donors (Lipinski definition) is 3. The Labute approximate surface area is 131 Å². The molecule has 0 aliphatic carbocycles. The molecule has 3 N–H and O–H groups in total. The van der Waals surface area contributed by atoms with E-state index in [1.807, 2.05) is 24.4 Å². The topological polar surface area (TPSA) is 61.4 Å². The maximum atomic E-state index is 5.26. The average molecular weight is 300 g/mol. The first-order chi connectivity index (χ1) is 10.7. The molecule has 0 amide bonds. The van der Waals surface area contributed by atoms with Crippen LogP contribution < -0.4 is 15.5 Å². The van der Waals surface area contributed by atoms with Crippen molar-refractivity contribution in [1.29, 1.82) is 0 Å². The third-order valence-electron chi connectivity index (χ3n) is 3.44. The van der Waals surface area contributed by atoms with E-state index in [-0.39, 0.29) is 0 Å². The number of nitrogens with zero attached hydrogens (tertiary/aromatic N) is 1. The second-order valence-electron chi connectivity index (χ2n) is 5.14. The van der Waals surface area contributed by atoms with Gasteiger partial charge in [-0.05, 0) is 24.6 Å². The monoisotopic (exact) mass is 300 g/mol. The number of rotatable bonds is 9. The summed E-state index contributed by atoms with van der Waals surface area (Å²) in [5.41, 5.74) is 4.96. The van der Waals surface area contributed by atoms with Gasteiger partial charge in [-0.1, -0.05) is 26.3 Å². The number of aromatic amines is 1. The molecule has 0 unspecified atom stereocenters. The smallest absolute Gasteiger partial charge is 0.119 e. The summed E-state index contributed by atoms with van der Waals surface area (Å²) >= 11 is 0. The Balaban J connectivity index is 1.91. The molecule has 0 bridgehead atoms. The number of unbranched alkanes of at least 4 members (excludes halogenated alkanes) is 2. The lowest BCUT2D eigenvalue weighted by Crippen LogP contribution is -2.22. The summed E-state index contributed by atoms with van der Waals surface area (Å²) in [6, 6.07) is 5.91. The lowest BCUT2D eigenvalue weighted by molar-refractivity contribution is 0.415. The molecule has 22 heavy (non-hydrogen) atoms. The fourth-order valence-electron chi connectivity index (χ4n) is 2.19. The van der Waals surface area contributed by atoms with Gasteiger partial charge in [-0.3, -0.25) is 5.43 Å². The molecular weight excluding hydrogens is 276 g/mol. The van der Waals surface area contributed by atoms with Gasteiger partial charge >= 0.3 is 0 Å². The number of fused-ring (bicyclic) bond motifs is 1. The molecule has 0 aliphatic rings. The number of hydrazone groups is 1. The molecule has 0 atom stereocenters. The first-order valence-electron chi connectivity index (χ1n) is 7.61. The van der Waals surface area contributed by atoms with Crippen LogP contribution in [0.4, 0.5) is 0 Å². The van der Waals surface area contributed by atoms with Gasteiger partial charge in [-0.2, -0.15) is 5.10 Å². The van der Waals surface area contributed by atoms with E-state index in [4.69, 9.17) is 4.74 Å². The van der Waals surface area contributed by atoms with Gasteiger partial charge in [0, 0.05) is 29.2 Å². The molecule has 1 heterocycles. The fraction of sp³-hybridized carbons (Fsp3) is 0.353. The van der Waals surface area contributed by atoms with Gasteiger partial charge in [0.2, 0.25) is 0 Å². The highest BCUT2D eigenvalue weighted by molar-refractivity contribution is 5.99. The van der Waals surface area contributed by atoms with Crippen LogP contribution in [0.3, 0.4) is 0 Å². The SMILES string of the molecule is C=C(NCCCCC)N/N=C/c1c[nH]c2ccc(OC)cc12. The Hall–Kier alpha value is -2.43. The van der Waals surface area contributed by atoms with Crippen molar-refractivity contribution >= 4 is 17.1 Å². The van der Waals surface area contributed by atoms with Crippen molar-refractivity contribution in [3.8, 4) is 5.75 Å². The Morgan fingerprint density at radius 2 is 2.27 bits per heavy atom. The molecule has 0 spiro atoms. The van der Waals surface area contributed by atoms with Crippen LogP contribution in [-0.2, 0) is 0 Å². The van der Waals surface area contributed by atoms with E-state index in [2.05, 4.69) is 34.3 Å². The minimum atomic E-state index is 0.713. The molecule has 118 valence electrons. The zero-order valence-corrected chi connectivity index (χ0v) is 13.3. The van der Waals surface area contributed by atoms with Gasteiger partial charge < -0.3 is 15.0 Å². The molecule has 0 aliphatic heterocycles. The van der Waals surface area contributed by atoms with Crippen LogP contribution in [0.15, 0.2) is 41.9 Å². The summed E-state index contributed by atoms with van der Waals surface area (Å²) in [5, 5.41) is 8.50. The molecule has 5 heteroatoms. The highest BCUT2D eigenvalue weighted by atomic mass is 16.5. The molecular formula is C17H24N4O. The Bertz CT molecular complexity index is 645. The first kappa shape index (κ1) is 15.9. The Kier molecular flexibility index (Phi) is 5.89. The van der Waals surface area contributed by atoms with E-state index in [9.17, 15) is 0 Å². The van der Waals surface area contributed by atoms with Crippen molar-refractivity contribution in [3.63, 3.8) is 0 Å². The summed E-state index contributed by atoms with van der Waals surface area (Å²) in [4.78, 5) is 3.21. The third-order valence-corrected chi connectivity index (χ3v) is 3.44. The summed E-state index contributed by atoms with van der Waals surface area (Å²) < 4.78 is 5.26. The van der Waals surface area contributed by atoms with E-state index >= 15 is 0 Å². The van der Waals surface area contributed by atoms with Crippen LogP contribution in [0.25, 0.3) is 10.9 Å². The highest BCUT2D eigenvalue weighted by Gasteiger charge is 2.03. The van der Waals surface area contributed by atoms with E-state index in [0.717, 1.165) is 35.2 Å². The number of hydrogen-bond acceptors (Lipinski definition) is 4. The van der Waals surface area contributed by atoms with Crippen LogP contribution in [0.5, 0.6) is 5.75 Å². The van der Waals surface area contributed by atoms with Gasteiger partial charge in [-0.25, -0.2) is 0 Å². The second-order valence-corrected chi connectivity index (χ2v) is 5.14. The standard InChI is InChI=1S/C17H24N4O/c1-4-5-6-9-18-13(2)21-20-12-14-11-19-17-8-7-15(22-3)10-16(14)17/h7-8,10-12,18-19,21H,2,4-6,9H2,1,3H3/b20-12+. The van der Waals surface area contributed by atoms with Crippen molar-refractivity contribution in [2.24, 2.45) is 5.10 Å². The van der Waals surface area contributed by atoms with E-state index < -0.39 is 0 Å². The molecule has 0 saturated heterocycles. The van der Waals surface area contributed by atoms with Crippen molar-refractivity contribution < 1.29 is 4.74 Å². The van der Waals surface area contributed by atoms with Gasteiger partial charge in [0.25, 0.3) is 0 Å². The quantitative estimate of drug-likeness (QED) is 0.378. The normalized spacial score (nSPS) is 11.0. The van der Waals surface area contributed by atoms with E-state index in [1.54, 1.807) is 13.3 Å². The molecule has 5 nitrogen and oxygen atoms in total. The predicted octanol–water partition coefficient (Wildman–Crippen LogP) is 3.35. The van der Waals surface area contributed by atoms with Crippen LogP contribution in [0, 0.1) is 0 Å². The van der Waals surface area contributed by atoms with Crippen LogP contribution in [0.1, 0.15) is 31.7 Å². The minimum Gasteiger partial charge on any atom is -0.497 e. The lowest BCUT2D eigenvalue weighted by Gasteiger charge is -2.07. The molecule has 0 saturated carbocycles. The second kappa shape index (κ2) is 8.12. The van der Waals surface area contributed by atoms with E-state index in [0.29, 0.717) is 5.82 Å². The largest absolute Gasteiger partial charge is 0.497 e. The maximum Gasteiger partial charge on any atom is 0.119 e. The Morgan fingerprint density at radius 3 is 3.05 bits per heavy atom. The van der Waals surface area contributed by atoms with Crippen molar-refractivity contribution in [1.82, 2.24) is 15.7 Å². The molecule has 2 rings (SSSR count). The summed E-state index contributed by atoms with van der Waals surface area (Å²) in [5.74, 6) is 1.54. The molecule has 0 fully saturated rings. The van der Waals surface area contributed by atoms with Gasteiger partial charge in [0.15, 0.2) is 0 Å². The van der Waals surface area contributed by atoms with E-state index in [1.165, 1.54) is 12.8 Å². The number of methoxy groups -OCH3 is 1. The van der Waals surface area contributed by atoms with Crippen LogP contribution >= 0.6 is 0 Å². The average Bonchev–Trinajstić information content (AvgIpc) is 2.94. The van der Waals surface area contributed by atoms with Gasteiger partial charge in [0.05, 0.1) is 13.3 Å². The molecule has 0 radical (unpaired) electrons. The van der Waals surface area contributed by atoms with Crippen LogP contribution in [-0.4, -0.2) is 24.9 Å².